The molecule has 172 valence electrons. The minimum atomic E-state index is -0.577. The zero-order chi connectivity index (χ0) is 23.2. The van der Waals surface area contributed by atoms with Gasteiger partial charge < -0.3 is 19.3 Å². The average Bonchev–Trinajstić information content (AvgIpc) is 3.26. The van der Waals surface area contributed by atoms with Crippen LogP contribution in [0.1, 0.15) is 64.6 Å². The molecule has 1 aromatic heterocycles. The summed E-state index contributed by atoms with van der Waals surface area (Å²) in [7, 11) is 0. The number of hydrogen-bond acceptors (Lipinski definition) is 7. The van der Waals surface area contributed by atoms with Gasteiger partial charge in [0.2, 0.25) is 11.7 Å². The molecule has 1 N–H and O–H groups in total. The number of amides is 1. The maximum Gasteiger partial charge on any atom is 0.338 e. The number of nitrogens with one attached hydrogen (secondary N) is 1. The van der Waals surface area contributed by atoms with Crippen LogP contribution >= 0.6 is 0 Å². The smallest absolute Gasteiger partial charge is 0.338 e. The molecule has 0 saturated carbocycles. The largest absolute Gasteiger partial charge is 0.485 e. The highest BCUT2D eigenvalue weighted by molar-refractivity contribution is 5.91. The third kappa shape index (κ3) is 5.97. The molecule has 0 spiro atoms. The van der Waals surface area contributed by atoms with Crippen molar-refractivity contribution in [2.75, 3.05) is 6.61 Å². The lowest BCUT2D eigenvalue weighted by Crippen LogP contribution is -2.31. The first-order valence-corrected chi connectivity index (χ1v) is 11.1. The van der Waals surface area contributed by atoms with E-state index in [0.717, 1.165) is 18.4 Å². The zero-order valence-corrected chi connectivity index (χ0v) is 18.8. The molecular weight excluding hydrogens is 422 g/mol. The van der Waals surface area contributed by atoms with Crippen molar-refractivity contribution < 1.29 is 23.6 Å². The van der Waals surface area contributed by atoms with Gasteiger partial charge in [-0.3, -0.25) is 4.79 Å². The van der Waals surface area contributed by atoms with Crippen LogP contribution in [0.2, 0.25) is 0 Å². The van der Waals surface area contributed by atoms with Gasteiger partial charge in [0, 0.05) is 6.92 Å². The summed E-state index contributed by atoms with van der Waals surface area (Å²) in [5.41, 5.74) is 4.15. The van der Waals surface area contributed by atoms with Gasteiger partial charge in [0.1, 0.15) is 5.75 Å². The van der Waals surface area contributed by atoms with E-state index in [1.807, 2.05) is 6.92 Å². The van der Waals surface area contributed by atoms with Gasteiger partial charge in [-0.2, -0.15) is 4.98 Å². The van der Waals surface area contributed by atoms with E-state index in [-0.39, 0.29) is 25.2 Å². The molecule has 1 atom stereocenters. The van der Waals surface area contributed by atoms with Crippen molar-refractivity contribution >= 4 is 11.9 Å². The number of carbonyl (C=O) groups excluding carboxylic acids is 2. The molecule has 0 radical (unpaired) electrons. The predicted molar refractivity (Wildman–Crippen MR) is 120 cm³/mol. The summed E-state index contributed by atoms with van der Waals surface area (Å²) in [6.45, 7) is 3.44. The number of aryl methyl sites for hydroxylation is 3. The molecule has 8 heteroatoms. The first-order valence-electron chi connectivity index (χ1n) is 11.1. The van der Waals surface area contributed by atoms with Crippen LogP contribution in [0, 0.1) is 6.92 Å². The second-order valence-corrected chi connectivity index (χ2v) is 8.14. The Labute approximate surface area is 192 Å². The fourth-order valence-electron chi connectivity index (χ4n) is 3.84. The molecule has 1 aliphatic carbocycles. The summed E-state index contributed by atoms with van der Waals surface area (Å²) in [4.78, 5) is 28.6. The first kappa shape index (κ1) is 22.5. The summed E-state index contributed by atoms with van der Waals surface area (Å²) in [5.74, 6) is 0.529. The van der Waals surface area contributed by atoms with Crippen molar-refractivity contribution in [1.29, 1.82) is 0 Å². The van der Waals surface area contributed by atoms with Gasteiger partial charge >= 0.3 is 5.97 Å². The number of hydrogen-bond donors (Lipinski definition) is 1. The number of aromatic nitrogens is 2. The fourth-order valence-corrected chi connectivity index (χ4v) is 3.84. The van der Waals surface area contributed by atoms with E-state index in [1.165, 1.54) is 24.0 Å². The Bertz CT molecular complexity index is 1120. The van der Waals surface area contributed by atoms with E-state index >= 15 is 0 Å². The third-order valence-corrected chi connectivity index (χ3v) is 5.61. The van der Waals surface area contributed by atoms with Crippen LogP contribution in [-0.4, -0.2) is 28.6 Å². The maximum absolute atomic E-state index is 12.3. The summed E-state index contributed by atoms with van der Waals surface area (Å²) >= 11 is 0. The third-order valence-electron chi connectivity index (χ3n) is 5.61. The standard InChI is InChI=1S/C25H27N3O5/c1-16(20-8-7-18-5-3-4-6-21(18)13-20)26-24(29)15-32-25(30)19-9-11-22(12-10-19)31-14-23-27-17(2)33-28-23/h7-13,16H,3-6,14-15H2,1-2H3,(H,26,29)/t16-/m0/s1. The fraction of sp³-hybridized carbons (Fsp3) is 0.360. The van der Waals surface area contributed by atoms with Crippen LogP contribution in [0.4, 0.5) is 0 Å². The van der Waals surface area contributed by atoms with Crippen molar-refractivity contribution in [2.24, 2.45) is 0 Å². The maximum atomic E-state index is 12.3. The van der Waals surface area contributed by atoms with Crippen LogP contribution in [0.5, 0.6) is 5.75 Å². The lowest BCUT2D eigenvalue weighted by atomic mass is 9.89. The Morgan fingerprint density at radius 1 is 1.09 bits per heavy atom. The normalized spacial score (nSPS) is 13.6. The number of ether oxygens (including phenoxy) is 2. The van der Waals surface area contributed by atoms with Crippen molar-refractivity contribution in [3.05, 3.63) is 76.4 Å². The van der Waals surface area contributed by atoms with Crippen LogP contribution in [0.3, 0.4) is 0 Å². The Morgan fingerprint density at radius 2 is 1.85 bits per heavy atom. The molecule has 8 nitrogen and oxygen atoms in total. The summed E-state index contributed by atoms with van der Waals surface area (Å²) in [6, 6.07) is 12.7. The highest BCUT2D eigenvalue weighted by Crippen LogP contribution is 2.24. The first-order chi connectivity index (χ1) is 16.0. The van der Waals surface area contributed by atoms with Gasteiger partial charge in [-0.25, -0.2) is 4.79 Å². The zero-order valence-electron chi connectivity index (χ0n) is 18.8. The Hall–Kier alpha value is -3.68. The van der Waals surface area contributed by atoms with E-state index in [2.05, 4.69) is 33.7 Å². The number of rotatable bonds is 8. The van der Waals surface area contributed by atoms with E-state index in [0.29, 0.717) is 23.0 Å². The Balaban J connectivity index is 1.23. The highest BCUT2D eigenvalue weighted by Gasteiger charge is 2.16. The second-order valence-electron chi connectivity index (χ2n) is 8.14. The average molecular weight is 450 g/mol. The van der Waals surface area contributed by atoms with Gasteiger partial charge in [-0.05, 0) is 73.6 Å². The predicted octanol–water partition coefficient (Wildman–Crippen LogP) is 3.87. The topological polar surface area (TPSA) is 104 Å². The van der Waals surface area contributed by atoms with E-state index < -0.39 is 5.97 Å². The van der Waals surface area contributed by atoms with Crippen molar-refractivity contribution in [3.63, 3.8) is 0 Å². The van der Waals surface area contributed by atoms with Crippen LogP contribution in [0.25, 0.3) is 0 Å². The Kier molecular flexibility index (Phi) is 7.02. The minimum absolute atomic E-state index is 0.156. The quantitative estimate of drug-likeness (QED) is 0.521. The minimum Gasteiger partial charge on any atom is -0.485 e. The van der Waals surface area contributed by atoms with Gasteiger partial charge in [-0.1, -0.05) is 23.4 Å². The van der Waals surface area contributed by atoms with Crippen molar-refractivity contribution in [1.82, 2.24) is 15.5 Å². The summed E-state index contributed by atoms with van der Waals surface area (Å²) < 4.78 is 15.6. The van der Waals surface area contributed by atoms with Gasteiger partial charge in [0.15, 0.2) is 13.2 Å². The molecule has 0 aliphatic heterocycles. The number of esters is 1. The van der Waals surface area contributed by atoms with Crippen molar-refractivity contribution in [3.8, 4) is 5.75 Å². The van der Waals surface area contributed by atoms with Crippen LogP contribution in [0.15, 0.2) is 47.0 Å². The van der Waals surface area contributed by atoms with Gasteiger partial charge in [-0.15, -0.1) is 0 Å². The second kappa shape index (κ2) is 10.3. The monoisotopic (exact) mass is 449 g/mol. The highest BCUT2D eigenvalue weighted by atomic mass is 16.5. The lowest BCUT2D eigenvalue weighted by Gasteiger charge is -2.20. The molecular formula is C25H27N3O5. The number of nitrogens with zero attached hydrogens (tertiary/aromatic N) is 2. The molecule has 1 amide bonds. The molecule has 33 heavy (non-hydrogen) atoms. The van der Waals surface area contributed by atoms with E-state index in [1.54, 1.807) is 31.2 Å². The molecule has 0 fully saturated rings. The molecule has 1 aliphatic rings. The van der Waals surface area contributed by atoms with E-state index in [9.17, 15) is 9.59 Å². The molecule has 1 heterocycles. The van der Waals surface area contributed by atoms with E-state index in [4.69, 9.17) is 14.0 Å². The molecule has 0 saturated heterocycles. The molecule has 0 bridgehead atoms. The van der Waals surface area contributed by atoms with Gasteiger partial charge in [0.05, 0.1) is 11.6 Å². The number of carbonyl (C=O) groups is 2. The summed E-state index contributed by atoms with van der Waals surface area (Å²) in [5, 5.41) is 6.65. The van der Waals surface area contributed by atoms with Gasteiger partial charge in [0.25, 0.3) is 5.91 Å². The van der Waals surface area contributed by atoms with Crippen LogP contribution in [-0.2, 0) is 29.0 Å². The number of fused-ring (bicyclic) bond motifs is 1. The Morgan fingerprint density at radius 3 is 2.58 bits per heavy atom. The molecule has 3 aromatic rings. The number of benzene rings is 2. The SMILES string of the molecule is Cc1nc(COc2ccc(C(=O)OCC(=O)N[C@@H](C)c3ccc4c(c3)CCCC4)cc2)no1. The molecule has 0 unspecified atom stereocenters. The van der Waals surface area contributed by atoms with Crippen LogP contribution < -0.4 is 10.1 Å². The summed E-state index contributed by atoms with van der Waals surface area (Å²) in [6.07, 6.45) is 4.65. The molecule has 4 rings (SSSR count). The molecule has 2 aromatic carbocycles. The van der Waals surface area contributed by atoms with Crippen molar-refractivity contribution in [2.45, 2.75) is 52.2 Å². The lowest BCUT2D eigenvalue weighted by molar-refractivity contribution is -0.124.